The molecule has 0 fully saturated rings. The summed E-state index contributed by atoms with van der Waals surface area (Å²) in [5.74, 6) is 0.512. The lowest BCUT2D eigenvalue weighted by Gasteiger charge is -2.04. The standard InChI is InChI=1S/C9H12N2O2/c12-9(7-1-3-10-5-7)13-8-2-4-11-6-8/h1-2,10-11H,3-6H2. The maximum Gasteiger partial charge on any atom is 0.340 e. The van der Waals surface area contributed by atoms with Crippen molar-refractivity contribution in [3.05, 3.63) is 23.5 Å². The van der Waals surface area contributed by atoms with E-state index in [-0.39, 0.29) is 5.97 Å². The van der Waals surface area contributed by atoms with E-state index >= 15 is 0 Å². The fourth-order valence-electron chi connectivity index (χ4n) is 1.35. The van der Waals surface area contributed by atoms with Gasteiger partial charge in [0.25, 0.3) is 0 Å². The average molecular weight is 180 g/mol. The molecular weight excluding hydrogens is 168 g/mol. The number of esters is 1. The van der Waals surface area contributed by atoms with E-state index < -0.39 is 0 Å². The van der Waals surface area contributed by atoms with Crippen molar-refractivity contribution in [3.8, 4) is 0 Å². The van der Waals surface area contributed by atoms with Gasteiger partial charge in [0.1, 0.15) is 5.76 Å². The molecule has 2 heterocycles. The zero-order valence-corrected chi connectivity index (χ0v) is 7.30. The fourth-order valence-corrected chi connectivity index (χ4v) is 1.35. The Kier molecular flexibility index (Phi) is 2.42. The van der Waals surface area contributed by atoms with Gasteiger partial charge in [0.15, 0.2) is 0 Å². The summed E-state index contributed by atoms with van der Waals surface area (Å²) in [6, 6.07) is 0. The Labute approximate surface area is 76.6 Å². The van der Waals surface area contributed by atoms with Crippen LogP contribution in [-0.2, 0) is 9.53 Å². The predicted molar refractivity (Wildman–Crippen MR) is 48.0 cm³/mol. The quantitative estimate of drug-likeness (QED) is 0.565. The molecule has 0 saturated carbocycles. The minimum atomic E-state index is -0.222. The van der Waals surface area contributed by atoms with Gasteiger partial charge < -0.3 is 15.4 Å². The van der Waals surface area contributed by atoms with Crippen LogP contribution in [0.5, 0.6) is 0 Å². The van der Waals surface area contributed by atoms with Crippen LogP contribution in [-0.4, -0.2) is 32.1 Å². The number of ether oxygens (including phenoxy) is 1. The predicted octanol–water partition coefficient (Wildman–Crippen LogP) is -0.454. The number of rotatable bonds is 2. The minimum absolute atomic E-state index is 0.222. The van der Waals surface area contributed by atoms with E-state index in [1.54, 1.807) is 0 Å². The second kappa shape index (κ2) is 3.72. The number of carbonyl (C=O) groups excluding carboxylic acids is 1. The Morgan fingerprint density at radius 3 is 2.62 bits per heavy atom. The molecule has 0 aliphatic carbocycles. The summed E-state index contributed by atoms with van der Waals surface area (Å²) in [5.41, 5.74) is 0.729. The molecule has 4 heteroatoms. The van der Waals surface area contributed by atoms with E-state index in [4.69, 9.17) is 4.74 Å². The van der Waals surface area contributed by atoms with E-state index in [1.807, 2.05) is 12.2 Å². The van der Waals surface area contributed by atoms with Gasteiger partial charge in [-0.3, -0.25) is 0 Å². The molecule has 0 aromatic heterocycles. The summed E-state index contributed by atoms with van der Waals surface area (Å²) in [7, 11) is 0. The monoisotopic (exact) mass is 180 g/mol. The second-order valence-electron chi connectivity index (χ2n) is 3.05. The molecule has 4 nitrogen and oxygen atoms in total. The highest BCUT2D eigenvalue weighted by Crippen LogP contribution is 2.07. The zero-order chi connectivity index (χ0) is 9.10. The summed E-state index contributed by atoms with van der Waals surface area (Å²) in [6.45, 7) is 2.84. The van der Waals surface area contributed by atoms with Gasteiger partial charge in [0.2, 0.25) is 0 Å². The Morgan fingerprint density at radius 1 is 1.23 bits per heavy atom. The van der Waals surface area contributed by atoms with Gasteiger partial charge in [0, 0.05) is 25.2 Å². The van der Waals surface area contributed by atoms with Gasteiger partial charge in [-0.25, -0.2) is 4.79 Å². The molecule has 70 valence electrons. The van der Waals surface area contributed by atoms with Crippen molar-refractivity contribution in [2.75, 3.05) is 26.2 Å². The molecule has 0 saturated heterocycles. The van der Waals surface area contributed by atoms with Crippen LogP contribution in [0.4, 0.5) is 0 Å². The third kappa shape index (κ3) is 1.96. The van der Waals surface area contributed by atoms with Gasteiger partial charge in [0.05, 0.1) is 6.54 Å². The maximum atomic E-state index is 11.4. The molecule has 2 N–H and O–H groups in total. The summed E-state index contributed by atoms with van der Waals surface area (Å²) in [6.07, 6.45) is 3.76. The van der Waals surface area contributed by atoms with Crippen molar-refractivity contribution in [3.63, 3.8) is 0 Å². The van der Waals surface area contributed by atoms with Gasteiger partial charge in [-0.05, 0) is 6.08 Å². The van der Waals surface area contributed by atoms with Crippen LogP contribution < -0.4 is 10.6 Å². The van der Waals surface area contributed by atoms with E-state index in [1.165, 1.54) is 0 Å². The third-order valence-electron chi connectivity index (χ3n) is 2.07. The van der Waals surface area contributed by atoms with Crippen LogP contribution in [0.1, 0.15) is 0 Å². The Hall–Kier alpha value is -1.13. The highest BCUT2D eigenvalue weighted by Gasteiger charge is 2.17. The number of carbonyl (C=O) groups is 1. The first-order chi connectivity index (χ1) is 6.36. The van der Waals surface area contributed by atoms with Crippen molar-refractivity contribution in [1.29, 1.82) is 0 Å². The lowest BCUT2D eigenvalue weighted by molar-refractivity contribution is -0.134. The minimum Gasteiger partial charge on any atom is -0.427 e. The maximum absolute atomic E-state index is 11.4. The number of hydrogen-bond acceptors (Lipinski definition) is 4. The summed E-state index contributed by atoms with van der Waals surface area (Å²) >= 11 is 0. The molecule has 0 aromatic rings. The van der Waals surface area contributed by atoms with Crippen LogP contribution in [0, 0.1) is 0 Å². The number of nitrogens with one attached hydrogen (secondary N) is 2. The van der Waals surface area contributed by atoms with Crippen LogP contribution in [0.2, 0.25) is 0 Å². The third-order valence-corrected chi connectivity index (χ3v) is 2.07. The van der Waals surface area contributed by atoms with E-state index in [9.17, 15) is 4.79 Å². The molecule has 0 spiro atoms. The average Bonchev–Trinajstić information content (AvgIpc) is 2.74. The summed E-state index contributed by atoms with van der Waals surface area (Å²) in [4.78, 5) is 11.4. The molecule has 0 unspecified atom stereocenters. The largest absolute Gasteiger partial charge is 0.427 e. The van der Waals surface area contributed by atoms with Gasteiger partial charge in [-0.2, -0.15) is 0 Å². The van der Waals surface area contributed by atoms with Crippen molar-refractivity contribution in [2.24, 2.45) is 0 Å². The molecule has 0 atom stereocenters. The Bertz CT molecular complexity index is 281. The first-order valence-corrected chi connectivity index (χ1v) is 4.38. The normalized spacial score (nSPS) is 21.2. The van der Waals surface area contributed by atoms with Gasteiger partial charge >= 0.3 is 5.97 Å². The lowest BCUT2D eigenvalue weighted by Crippen LogP contribution is -2.16. The molecular formula is C9H12N2O2. The number of hydrogen-bond donors (Lipinski definition) is 2. The highest BCUT2D eigenvalue weighted by molar-refractivity contribution is 5.90. The smallest absolute Gasteiger partial charge is 0.340 e. The lowest BCUT2D eigenvalue weighted by atomic mass is 10.3. The van der Waals surface area contributed by atoms with Crippen molar-refractivity contribution < 1.29 is 9.53 Å². The van der Waals surface area contributed by atoms with Crippen molar-refractivity contribution >= 4 is 5.97 Å². The first-order valence-electron chi connectivity index (χ1n) is 4.38. The molecule has 2 aliphatic heterocycles. The molecule has 0 bridgehead atoms. The molecule has 0 aromatic carbocycles. The van der Waals surface area contributed by atoms with E-state index in [0.717, 1.165) is 24.4 Å². The van der Waals surface area contributed by atoms with Gasteiger partial charge in [-0.15, -0.1) is 0 Å². The SMILES string of the molecule is O=C(OC1=CCNC1)C1=CCNC1. The van der Waals surface area contributed by atoms with Crippen LogP contribution in [0.25, 0.3) is 0 Å². The van der Waals surface area contributed by atoms with Crippen LogP contribution >= 0.6 is 0 Å². The highest BCUT2D eigenvalue weighted by atomic mass is 16.5. The second-order valence-corrected chi connectivity index (χ2v) is 3.05. The molecule has 0 radical (unpaired) electrons. The molecule has 0 amide bonds. The zero-order valence-electron chi connectivity index (χ0n) is 7.30. The molecule has 2 rings (SSSR count). The Balaban J connectivity index is 1.90. The van der Waals surface area contributed by atoms with Crippen LogP contribution in [0.3, 0.4) is 0 Å². The van der Waals surface area contributed by atoms with Crippen molar-refractivity contribution in [2.45, 2.75) is 0 Å². The van der Waals surface area contributed by atoms with E-state index in [2.05, 4.69) is 10.6 Å². The molecule has 2 aliphatic rings. The summed E-state index contributed by atoms with van der Waals surface area (Å²) < 4.78 is 5.15. The summed E-state index contributed by atoms with van der Waals surface area (Å²) in [5, 5.41) is 6.11. The topological polar surface area (TPSA) is 50.4 Å². The van der Waals surface area contributed by atoms with E-state index in [0.29, 0.717) is 13.1 Å². The first kappa shape index (κ1) is 8.47. The van der Waals surface area contributed by atoms with Gasteiger partial charge in [-0.1, -0.05) is 6.08 Å². The molecule has 13 heavy (non-hydrogen) atoms. The van der Waals surface area contributed by atoms with Crippen molar-refractivity contribution in [1.82, 2.24) is 10.6 Å². The fraction of sp³-hybridized carbons (Fsp3) is 0.444. The Morgan fingerprint density at radius 2 is 2.00 bits per heavy atom. The van der Waals surface area contributed by atoms with Crippen LogP contribution in [0.15, 0.2) is 23.5 Å².